The van der Waals surface area contributed by atoms with E-state index in [-0.39, 0.29) is 0 Å². The number of hydrogen-bond donors (Lipinski definition) is 0. The van der Waals surface area contributed by atoms with Gasteiger partial charge in [0.15, 0.2) is 5.58 Å². The standard InChI is InChI=1S/C54H34N2OS/c1-2-13-41-36(11-1)12-9-19-48(41)55(40-30-25-37(26-31-40)47-34-58-53-22-8-5-16-44(47)53)39-28-23-35(24-29-39)38-27-32-50-46(33-38)42-14-3-6-18-49(42)56(50)51-20-10-17-45-43-15-4-7-21-52(43)57-54(45)51/h1-34H. The molecule has 0 fully saturated rings. The second-order valence-electron chi connectivity index (χ2n) is 14.9. The Morgan fingerprint density at radius 2 is 1.05 bits per heavy atom. The van der Waals surface area contributed by atoms with Crippen LogP contribution in [0.5, 0.6) is 0 Å². The first-order valence-electron chi connectivity index (χ1n) is 19.7. The van der Waals surface area contributed by atoms with E-state index in [1.54, 1.807) is 11.3 Å². The summed E-state index contributed by atoms with van der Waals surface area (Å²) < 4.78 is 10.2. The average molecular weight is 759 g/mol. The summed E-state index contributed by atoms with van der Waals surface area (Å²) in [6, 6.07) is 72.3. The fourth-order valence-electron chi connectivity index (χ4n) is 8.95. The maximum Gasteiger partial charge on any atom is 0.159 e. The molecule has 0 radical (unpaired) electrons. The highest BCUT2D eigenvalue weighted by Crippen LogP contribution is 2.43. The Balaban J connectivity index is 0.962. The van der Waals surface area contributed by atoms with Crippen LogP contribution in [-0.4, -0.2) is 4.57 Å². The predicted octanol–water partition coefficient (Wildman–Crippen LogP) is 15.9. The number of fused-ring (bicyclic) bond motifs is 8. The van der Waals surface area contributed by atoms with Gasteiger partial charge in [-0.2, -0.15) is 0 Å². The minimum absolute atomic E-state index is 0.899. The topological polar surface area (TPSA) is 21.3 Å². The fraction of sp³-hybridized carbons (Fsp3) is 0. The van der Waals surface area contributed by atoms with E-state index in [0.717, 1.165) is 55.7 Å². The van der Waals surface area contributed by atoms with Crippen LogP contribution in [0.1, 0.15) is 0 Å². The summed E-state index contributed by atoms with van der Waals surface area (Å²) >= 11 is 1.80. The maximum absolute atomic E-state index is 6.53. The number of thiophene rings is 1. The predicted molar refractivity (Wildman–Crippen MR) is 247 cm³/mol. The molecule has 0 saturated heterocycles. The first kappa shape index (κ1) is 32.8. The molecule has 0 N–H and O–H groups in total. The molecule has 0 unspecified atom stereocenters. The zero-order valence-electron chi connectivity index (χ0n) is 31.3. The SMILES string of the molecule is c1ccc2c(N(c3ccc(-c4ccc5c(c4)c4ccccc4n5-c4cccc5c4oc4ccccc45)cc3)c3ccc(-c4csc5ccccc45)cc3)cccc2c1. The summed E-state index contributed by atoms with van der Waals surface area (Å²) in [5.74, 6) is 0. The third-order valence-corrected chi connectivity index (χ3v) is 12.6. The summed E-state index contributed by atoms with van der Waals surface area (Å²) in [6.45, 7) is 0. The molecule has 3 nitrogen and oxygen atoms in total. The van der Waals surface area contributed by atoms with Crippen molar-refractivity contribution >= 4 is 93.0 Å². The first-order chi connectivity index (χ1) is 28.8. The summed E-state index contributed by atoms with van der Waals surface area (Å²) in [5, 5.41) is 10.7. The van der Waals surface area contributed by atoms with Crippen molar-refractivity contribution in [3.05, 3.63) is 206 Å². The highest BCUT2D eigenvalue weighted by molar-refractivity contribution is 7.17. The largest absolute Gasteiger partial charge is 0.454 e. The molecule has 3 heterocycles. The summed E-state index contributed by atoms with van der Waals surface area (Å²) in [6.07, 6.45) is 0. The van der Waals surface area contributed by atoms with Crippen molar-refractivity contribution in [1.82, 2.24) is 4.57 Å². The Morgan fingerprint density at radius 1 is 0.431 bits per heavy atom. The van der Waals surface area contributed by atoms with Gasteiger partial charge >= 0.3 is 0 Å². The van der Waals surface area contributed by atoms with Gasteiger partial charge in [0.05, 0.1) is 22.4 Å². The number of nitrogens with zero attached hydrogens (tertiary/aromatic N) is 2. The van der Waals surface area contributed by atoms with Crippen LogP contribution < -0.4 is 4.90 Å². The second kappa shape index (κ2) is 13.1. The van der Waals surface area contributed by atoms with E-state index in [9.17, 15) is 0 Å². The van der Waals surface area contributed by atoms with Crippen LogP contribution in [0.25, 0.3) is 92.5 Å². The number of benzene rings is 9. The average Bonchev–Trinajstić information content (AvgIpc) is 3.99. The number of para-hydroxylation sites is 3. The molecule has 0 aliphatic carbocycles. The zero-order valence-corrected chi connectivity index (χ0v) is 32.2. The minimum Gasteiger partial charge on any atom is -0.454 e. The van der Waals surface area contributed by atoms with Gasteiger partial charge < -0.3 is 13.9 Å². The quantitative estimate of drug-likeness (QED) is 0.168. The number of hydrogen-bond acceptors (Lipinski definition) is 3. The van der Waals surface area contributed by atoms with Crippen molar-refractivity contribution in [1.29, 1.82) is 0 Å². The van der Waals surface area contributed by atoms with Crippen molar-refractivity contribution < 1.29 is 4.42 Å². The molecule has 0 aliphatic rings. The smallest absolute Gasteiger partial charge is 0.159 e. The molecule has 0 bridgehead atoms. The number of furan rings is 1. The van der Waals surface area contributed by atoms with E-state index in [0.29, 0.717) is 0 Å². The second-order valence-corrected chi connectivity index (χ2v) is 15.8. The van der Waals surface area contributed by atoms with Gasteiger partial charge in [-0.15, -0.1) is 11.3 Å². The van der Waals surface area contributed by atoms with Gasteiger partial charge in [0.1, 0.15) is 5.58 Å². The number of anilines is 3. The Labute approximate surface area is 338 Å². The Hall–Kier alpha value is -7.40. The molecule has 0 spiro atoms. The zero-order chi connectivity index (χ0) is 38.2. The van der Waals surface area contributed by atoms with E-state index in [1.807, 2.05) is 12.1 Å². The minimum atomic E-state index is 0.899. The van der Waals surface area contributed by atoms with E-state index >= 15 is 0 Å². The Morgan fingerprint density at radius 3 is 1.90 bits per heavy atom. The third-order valence-electron chi connectivity index (χ3n) is 11.7. The van der Waals surface area contributed by atoms with Gasteiger partial charge in [0, 0.05) is 54.0 Å². The van der Waals surface area contributed by atoms with Gasteiger partial charge in [-0.25, -0.2) is 0 Å². The van der Waals surface area contributed by atoms with Gasteiger partial charge in [-0.3, -0.25) is 0 Å². The molecule has 0 aliphatic heterocycles. The fourth-order valence-corrected chi connectivity index (χ4v) is 9.92. The molecule has 3 aromatic heterocycles. The molecule has 4 heteroatoms. The van der Waals surface area contributed by atoms with Crippen molar-refractivity contribution in [2.45, 2.75) is 0 Å². The van der Waals surface area contributed by atoms with Crippen LogP contribution in [0.4, 0.5) is 17.1 Å². The van der Waals surface area contributed by atoms with Gasteiger partial charge in [0.2, 0.25) is 0 Å². The molecule has 12 aromatic rings. The Bertz CT molecular complexity index is 3510. The van der Waals surface area contributed by atoms with E-state index in [4.69, 9.17) is 4.42 Å². The molecule has 272 valence electrons. The number of rotatable bonds is 6. The van der Waals surface area contributed by atoms with E-state index in [2.05, 4.69) is 203 Å². The molecular weight excluding hydrogens is 725 g/mol. The van der Waals surface area contributed by atoms with Crippen molar-refractivity contribution in [2.75, 3.05) is 4.90 Å². The van der Waals surface area contributed by atoms with Gasteiger partial charge in [0.25, 0.3) is 0 Å². The lowest BCUT2D eigenvalue weighted by molar-refractivity contribution is 0.666. The van der Waals surface area contributed by atoms with Crippen LogP contribution >= 0.6 is 11.3 Å². The summed E-state index contributed by atoms with van der Waals surface area (Å²) in [7, 11) is 0. The van der Waals surface area contributed by atoms with Crippen LogP contribution in [0.3, 0.4) is 0 Å². The lowest BCUT2D eigenvalue weighted by atomic mass is 10.0. The normalized spacial score (nSPS) is 11.8. The van der Waals surface area contributed by atoms with Crippen LogP contribution in [0.15, 0.2) is 210 Å². The molecular formula is C54H34N2OS. The first-order valence-corrected chi connectivity index (χ1v) is 20.5. The van der Waals surface area contributed by atoms with E-state index < -0.39 is 0 Å². The monoisotopic (exact) mass is 758 g/mol. The van der Waals surface area contributed by atoms with Crippen LogP contribution in [0.2, 0.25) is 0 Å². The Kier molecular flexibility index (Phi) is 7.40. The van der Waals surface area contributed by atoms with Crippen molar-refractivity contribution in [3.63, 3.8) is 0 Å². The van der Waals surface area contributed by atoms with Crippen LogP contribution in [0, 0.1) is 0 Å². The highest BCUT2D eigenvalue weighted by atomic mass is 32.1. The summed E-state index contributed by atoms with van der Waals surface area (Å²) in [5.41, 5.74) is 13.4. The molecule has 0 amide bonds. The molecule has 12 rings (SSSR count). The van der Waals surface area contributed by atoms with Crippen molar-refractivity contribution in [2.24, 2.45) is 0 Å². The maximum atomic E-state index is 6.53. The van der Waals surface area contributed by atoms with Gasteiger partial charge in [-0.1, -0.05) is 133 Å². The number of aromatic nitrogens is 1. The lowest BCUT2D eigenvalue weighted by Gasteiger charge is -2.27. The lowest BCUT2D eigenvalue weighted by Crippen LogP contribution is -2.10. The molecule has 0 saturated carbocycles. The third kappa shape index (κ3) is 5.12. The van der Waals surface area contributed by atoms with E-state index in [1.165, 1.54) is 53.9 Å². The molecule has 0 atom stereocenters. The van der Waals surface area contributed by atoms with Crippen LogP contribution in [-0.2, 0) is 0 Å². The molecule has 9 aromatic carbocycles. The van der Waals surface area contributed by atoms with Crippen molar-refractivity contribution in [3.8, 4) is 27.9 Å². The molecule has 58 heavy (non-hydrogen) atoms. The summed E-state index contributed by atoms with van der Waals surface area (Å²) in [4.78, 5) is 2.39. The highest BCUT2D eigenvalue weighted by Gasteiger charge is 2.19. The van der Waals surface area contributed by atoms with Gasteiger partial charge in [-0.05, 0) is 94.2 Å².